The molecule has 6 nitrogen and oxygen atoms in total. The van der Waals surface area contributed by atoms with Crippen LogP contribution >= 0.6 is 7.60 Å². The first kappa shape index (κ1) is 9.49. The summed E-state index contributed by atoms with van der Waals surface area (Å²) in [6, 6.07) is 0. The van der Waals surface area contributed by atoms with Crippen LogP contribution in [0.1, 0.15) is 0 Å². The molecule has 0 amide bonds. The summed E-state index contributed by atoms with van der Waals surface area (Å²) >= 11 is 0. The summed E-state index contributed by atoms with van der Waals surface area (Å²) in [6.45, 7) is 0. The van der Waals surface area contributed by atoms with Crippen LogP contribution in [0.5, 0.6) is 0 Å². The van der Waals surface area contributed by atoms with Gasteiger partial charge in [0.15, 0.2) is 6.10 Å². The lowest BCUT2D eigenvalue weighted by atomic mass is 10.5. The molecule has 0 aliphatic heterocycles. The van der Waals surface area contributed by atoms with E-state index in [0.717, 1.165) is 0 Å². The molecule has 58 valence electrons. The Kier molecular flexibility index (Phi) is 3.42. The molecule has 0 bridgehead atoms. The third-order valence-corrected chi connectivity index (χ3v) is 1.51. The topological polar surface area (TPSA) is 114 Å². The van der Waals surface area contributed by atoms with Crippen molar-refractivity contribution in [3.05, 3.63) is 5.53 Å². The molecule has 1 unspecified atom stereocenters. The van der Waals surface area contributed by atoms with Crippen LogP contribution < -0.4 is 0 Å². The highest BCUT2D eigenvalue weighted by Gasteiger charge is 2.20. The summed E-state index contributed by atoms with van der Waals surface area (Å²) in [7, 11) is -4.20. The van der Waals surface area contributed by atoms with Gasteiger partial charge in [-0.05, 0) is 0 Å². The van der Waals surface area contributed by atoms with E-state index < -0.39 is 19.9 Å². The van der Waals surface area contributed by atoms with Gasteiger partial charge in [-0.2, -0.15) is 4.79 Å². The van der Waals surface area contributed by atoms with Crippen LogP contribution in [-0.4, -0.2) is 38.2 Å². The second-order valence-corrected chi connectivity index (χ2v) is 3.37. The van der Waals surface area contributed by atoms with Crippen LogP contribution in [0.2, 0.25) is 0 Å². The fraction of sp³-hybridized carbons (Fsp3) is 0.667. The van der Waals surface area contributed by atoms with Gasteiger partial charge in [-0.1, -0.05) is 0 Å². The molecule has 0 radical (unpaired) electrons. The lowest BCUT2D eigenvalue weighted by Crippen LogP contribution is -2.14. The van der Waals surface area contributed by atoms with Crippen LogP contribution in [0.3, 0.4) is 0 Å². The number of hydrogen-bond donors (Lipinski definition) is 3. The molecular formula is C3H7N2O4P. The van der Waals surface area contributed by atoms with Gasteiger partial charge >= 0.3 is 7.60 Å². The molecule has 0 saturated carbocycles. The van der Waals surface area contributed by atoms with Crippen LogP contribution in [0.4, 0.5) is 0 Å². The van der Waals surface area contributed by atoms with E-state index in [-0.39, 0.29) is 0 Å². The van der Waals surface area contributed by atoms with Gasteiger partial charge in [-0.15, -0.1) is 0 Å². The molecule has 10 heavy (non-hydrogen) atoms. The maximum absolute atomic E-state index is 10.1. The van der Waals surface area contributed by atoms with Gasteiger partial charge in [0.2, 0.25) is 0 Å². The molecule has 0 aromatic rings. The van der Waals surface area contributed by atoms with Gasteiger partial charge in [-0.3, -0.25) is 4.57 Å². The van der Waals surface area contributed by atoms with Crippen molar-refractivity contribution in [3.63, 3.8) is 0 Å². The minimum Gasteiger partial charge on any atom is -0.381 e. The number of rotatable bonds is 3. The minimum absolute atomic E-state index is 0.638. The van der Waals surface area contributed by atoms with Gasteiger partial charge in [0, 0.05) is 0 Å². The average Bonchev–Trinajstić information content (AvgIpc) is 1.59. The number of hydrogen-bond acceptors (Lipinski definition) is 2. The van der Waals surface area contributed by atoms with E-state index in [1.807, 2.05) is 0 Å². The maximum Gasteiger partial charge on any atom is 0.328 e. The van der Waals surface area contributed by atoms with E-state index in [2.05, 4.69) is 4.79 Å². The Morgan fingerprint density at radius 3 is 2.50 bits per heavy atom. The number of aliphatic hydroxyl groups is 1. The smallest absolute Gasteiger partial charge is 0.328 e. The lowest BCUT2D eigenvalue weighted by molar-refractivity contribution is -0.00890. The first-order valence-electron chi connectivity index (χ1n) is 2.36. The van der Waals surface area contributed by atoms with Crippen molar-refractivity contribution in [1.82, 2.24) is 0 Å². The molecular weight excluding hydrogens is 159 g/mol. The van der Waals surface area contributed by atoms with E-state index in [1.54, 1.807) is 0 Å². The minimum atomic E-state index is -4.20. The van der Waals surface area contributed by atoms with Gasteiger partial charge in [0.05, 0.1) is 6.16 Å². The van der Waals surface area contributed by atoms with E-state index in [4.69, 9.17) is 20.4 Å². The summed E-state index contributed by atoms with van der Waals surface area (Å²) in [6.07, 6.45) is -1.48. The van der Waals surface area contributed by atoms with Crippen molar-refractivity contribution in [2.75, 3.05) is 6.16 Å². The number of nitrogens with zero attached hydrogens (tertiary/aromatic N) is 2. The normalized spacial score (nSPS) is 13.9. The van der Waals surface area contributed by atoms with Crippen molar-refractivity contribution >= 4 is 13.8 Å². The zero-order valence-electron chi connectivity index (χ0n) is 4.95. The van der Waals surface area contributed by atoms with Crippen LogP contribution in [-0.2, 0) is 4.57 Å². The Bertz CT molecular complexity index is 193. The second-order valence-electron chi connectivity index (χ2n) is 1.68. The van der Waals surface area contributed by atoms with Crippen molar-refractivity contribution in [2.45, 2.75) is 6.10 Å². The summed E-state index contributed by atoms with van der Waals surface area (Å²) in [5, 5.41) is 8.58. The van der Waals surface area contributed by atoms with Crippen LogP contribution in [0, 0.1) is 0 Å². The Morgan fingerprint density at radius 2 is 2.20 bits per heavy atom. The third kappa shape index (κ3) is 5.62. The van der Waals surface area contributed by atoms with Crippen LogP contribution in [0.15, 0.2) is 0 Å². The maximum atomic E-state index is 10.1. The van der Waals surface area contributed by atoms with Crippen molar-refractivity contribution in [2.24, 2.45) is 0 Å². The predicted octanol–water partition coefficient (Wildman–Crippen LogP) is -1.17. The van der Waals surface area contributed by atoms with E-state index in [1.165, 1.54) is 0 Å². The van der Waals surface area contributed by atoms with Gasteiger partial charge < -0.3 is 20.4 Å². The molecule has 0 aliphatic rings. The standard InChI is InChI=1S/C3H7N2O4P/c4-5-1-3(6)2-10(7,8)9/h1,3,6H,2H2,(H2,7,8,9). The first-order chi connectivity index (χ1) is 4.45. The molecule has 0 aromatic heterocycles. The largest absolute Gasteiger partial charge is 0.381 e. The highest BCUT2D eigenvalue weighted by Crippen LogP contribution is 2.34. The first-order valence-corrected chi connectivity index (χ1v) is 4.15. The molecule has 3 N–H and O–H groups in total. The second kappa shape index (κ2) is 3.61. The Balaban J connectivity index is 3.92. The monoisotopic (exact) mass is 166 g/mol. The molecule has 0 heterocycles. The molecule has 7 heteroatoms. The molecule has 1 atom stereocenters. The fourth-order valence-electron chi connectivity index (χ4n) is 0.368. The highest BCUT2D eigenvalue weighted by molar-refractivity contribution is 7.51. The van der Waals surface area contributed by atoms with Crippen molar-refractivity contribution in [1.29, 1.82) is 0 Å². The molecule has 0 rings (SSSR count). The highest BCUT2D eigenvalue weighted by atomic mass is 31.2. The molecule has 0 aromatic carbocycles. The zero-order chi connectivity index (χ0) is 8.20. The quantitative estimate of drug-likeness (QED) is 0.212. The summed E-state index contributed by atoms with van der Waals surface area (Å²) in [5.74, 6) is 0. The van der Waals surface area contributed by atoms with Crippen molar-refractivity contribution < 1.29 is 24.2 Å². The van der Waals surface area contributed by atoms with Gasteiger partial charge in [0.25, 0.3) is 6.21 Å². The summed E-state index contributed by atoms with van der Waals surface area (Å²) in [5.41, 5.74) is 7.79. The van der Waals surface area contributed by atoms with E-state index in [9.17, 15) is 4.57 Å². The van der Waals surface area contributed by atoms with Crippen LogP contribution in [0.25, 0.3) is 5.53 Å². The van der Waals surface area contributed by atoms with Gasteiger partial charge in [0.1, 0.15) is 0 Å². The SMILES string of the molecule is [N-]=[N+]=CC(O)CP(=O)(O)O. The Morgan fingerprint density at radius 1 is 1.70 bits per heavy atom. The third-order valence-electron chi connectivity index (χ3n) is 0.664. The Hall–Kier alpha value is -0.510. The molecule has 0 spiro atoms. The fourth-order valence-corrected chi connectivity index (χ4v) is 0.949. The molecule has 0 fully saturated rings. The van der Waals surface area contributed by atoms with Crippen molar-refractivity contribution in [3.8, 4) is 0 Å². The average molecular weight is 166 g/mol. The summed E-state index contributed by atoms with van der Waals surface area (Å²) in [4.78, 5) is 18.8. The zero-order valence-corrected chi connectivity index (χ0v) is 5.85. The van der Waals surface area contributed by atoms with Gasteiger partial charge in [-0.25, -0.2) is 0 Å². The Labute approximate surface area is 56.9 Å². The van der Waals surface area contributed by atoms with E-state index in [0.29, 0.717) is 6.21 Å². The molecule has 0 saturated heterocycles. The molecule has 0 aliphatic carbocycles. The predicted molar refractivity (Wildman–Crippen MR) is 32.6 cm³/mol. The lowest BCUT2D eigenvalue weighted by Gasteiger charge is -2.01. The van der Waals surface area contributed by atoms with E-state index >= 15 is 0 Å². The number of aliphatic hydroxyl groups excluding tert-OH is 1. The summed E-state index contributed by atoms with van der Waals surface area (Å²) < 4.78 is 10.1.